The van der Waals surface area contributed by atoms with Crippen molar-refractivity contribution in [2.45, 2.75) is 59.3 Å². The average Bonchev–Trinajstić information content (AvgIpc) is 2.33. The van der Waals surface area contributed by atoms with Crippen LogP contribution in [0.15, 0.2) is 0 Å². The molecule has 0 saturated carbocycles. The molecule has 2 atom stereocenters. The third-order valence-electron chi connectivity index (χ3n) is 2.79. The maximum absolute atomic E-state index is 12.7. The van der Waals surface area contributed by atoms with Crippen LogP contribution in [0.4, 0.5) is 0 Å². The Hall–Kier alpha value is -0.420. The van der Waals surface area contributed by atoms with Crippen LogP contribution in [-0.2, 0) is 18.4 Å². The van der Waals surface area contributed by atoms with Gasteiger partial charge in [-0.15, -0.1) is 0 Å². The minimum atomic E-state index is -3.34. The number of carbonyl (C=O) groups is 1. The lowest BCUT2D eigenvalue weighted by Gasteiger charge is -2.29. The molecule has 0 fully saturated rings. The molecule has 0 aliphatic heterocycles. The van der Waals surface area contributed by atoms with Crippen molar-refractivity contribution in [3.63, 3.8) is 0 Å². The van der Waals surface area contributed by atoms with E-state index in [-0.39, 0.29) is 19.1 Å². The first kappa shape index (κ1) is 19.6. The van der Waals surface area contributed by atoms with Crippen molar-refractivity contribution in [2.75, 3.05) is 13.2 Å². The summed E-state index contributed by atoms with van der Waals surface area (Å²) in [5.41, 5.74) is 0. The van der Waals surface area contributed by atoms with Crippen molar-refractivity contribution in [1.82, 2.24) is 5.32 Å². The van der Waals surface area contributed by atoms with E-state index >= 15 is 0 Å². The summed E-state index contributed by atoms with van der Waals surface area (Å²) in [7, 11) is -3.34. The summed E-state index contributed by atoms with van der Waals surface area (Å²) in [6, 6.07) is -0.755. The Morgan fingerprint density at radius 3 is 2.00 bits per heavy atom. The first-order valence-corrected chi connectivity index (χ1v) is 8.79. The van der Waals surface area contributed by atoms with E-state index in [4.69, 9.17) is 9.05 Å². The summed E-state index contributed by atoms with van der Waals surface area (Å²) >= 11 is 0. The maximum atomic E-state index is 12.7. The van der Waals surface area contributed by atoms with E-state index in [0.717, 1.165) is 0 Å². The second-order valence-corrected chi connectivity index (χ2v) is 7.21. The van der Waals surface area contributed by atoms with Gasteiger partial charge in [0, 0.05) is 0 Å². The Morgan fingerprint density at radius 1 is 1.20 bits per heavy atom. The molecule has 0 aliphatic rings. The van der Waals surface area contributed by atoms with Gasteiger partial charge < -0.3 is 14.2 Å². The molecule has 0 radical (unpaired) electrons. The summed E-state index contributed by atoms with van der Waals surface area (Å²) in [5.74, 6) is -1.33. The maximum Gasteiger partial charge on any atom is 0.347 e. The van der Waals surface area contributed by atoms with Gasteiger partial charge in [-0.3, -0.25) is 14.7 Å². The highest BCUT2D eigenvalue weighted by atomic mass is 31.2. The summed E-state index contributed by atoms with van der Waals surface area (Å²) in [4.78, 5) is 11.3. The van der Waals surface area contributed by atoms with Crippen LogP contribution in [0.3, 0.4) is 0 Å². The van der Waals surface area contributed by atoms with Crippen LogP contribution in [0.5, 0.6) is 0 Å². The molecule has 6 nitrogen and oxygen atoms in total. The lowest BCUT2D eigenvalue weighted by Crippen LogP contribution is -2.44. The summed E-state index contributed by atoms with van der Waals surface area (Å²) < 4.78 is 23.3. The minimum Gasteiger partial charge on any atom is -0.480 e. The first-order valence-electron chi connectivity index (χ1n) is 7.18. The Labute approximate surface area is 121 Å². The number of hydrogen-bond acceptors (Lipinski definition) is 5. The third-order valence-corrected chi connectivity index (χ3v) is 5.30. The van der Waals surface area contributed by atoms with E-state index in [1.165, 1.54) is 0 Å². The van der Waals surface area contributed by atoms with Gasteiger partial charge in [0.2, 0.25) is 0 Å². The van der Waals surface area contributed by atoms with Gasteiger partial charge in [0.25, 0.3) is 0 Å². The molecule has 2 N–H and O–H groups in total. The predicted molar refractivity (Wildman–Crippen MR) is 79.0 cm³/mol. The molecule has 0 heterocycles. The second kappa shape index (κ2) is 9.50. The van der Waals surface area contributed by atoms with E-state index in [9.17, 15) is 14.5 Å². The van der Waals surface area contributed by atoms with E-state index in [1.807, 2.05) is 20.8 Å². The Morgan fingerprint density at radius 2 is 1.70 bits per heavy atom. The van der Waals surface area contributed by atoms with Gasteiger partial charge in [0.15, 0.2) is 0 Å². The molecular weight excluding hydrogens is 281 g/mol. The highest BCUT2D eigenvalue weighted by molar-refractivity contribution is 7.54. The fraction of sp³-hybridized carbons (Fsp3) is 0.923. The van der Waals surface area contributed by atoms with Crippen LogP contribution in [0.1, 0.15) is 47.5 Å². The van der Waals surface area contributed by atoms with Crippen LogP contribution in [-0.4, -0.2) is 36.1 Å². The van der Waals surface area contributed by atoms with Gasteiger partial charge in [-0.25, -0.2) is 0 Å². The molecule has 0 bridgehead atoms. The zero-order valence-electron chi connectivity index (χ0n) is 13.1. The Kier molecular flexibility index (Phi) is 9.30. The molecule has 0 aromatic rings. The number of carboxylic acid groups (broad SMARTS) is 1. The summed E-state index contributed by atoms with van der Waals surface area (Å²) in [5, 5.41) is 12.2. The Bertz CT molecular complexity index is 325. The van der Waals surface area contributed by atoms with E-state index in [0.29, 0.717) is 12.8 Å². The van der Waals surface area contributed by atoms with Crippen molar-refractivity contribution in [3.05, 3.63) is 0 Å². The van der Waals surface area contributed by atoms with Crippen molar-refractivity contribution >= 4 is 13.6 Å². The first-order chi connectivity index (χ1) is 9.30. The van der Waals surface area contributed by atoms with Gasteiger partial charge in [0.05, 0.1) is 13.2 Å². The molecule has 0 rings (SSSR count). The van der Waals surface area contributed by atoms with E-state index < -0.39 is 25.4 Å². The lowest BCUT2D eigenvalue weighted by molar-refractivity contribution is -0.140. The molecule has 7 heteroatoms. The quantitative estimate of drug-likeness (QED) is 0.571. The van der Waals surface area contributed by atoms with Crippen LogP contribution < -0.4 is 5.32 Å². The van der Waals surface area contributed by atoms with E-state index in [1.54, 1.807) is 13.8 Å². The van der Waals surface area contributed by atoms with Crippen LogP contribution >= 0.6 is 7.60 Å². The highest BCUT2D eigenvalue weighted by Crippen LogP contribution is 2.53. The summed E-state index contributed by atoms with van der Waals surface area (Å²) in [6.07, 6.45) is 0.934. The number of rotatable bonds is 11. The smallest absolute Gasteiger partial charge is 0.347 e. The SMILES string of the molecule is CCOP(=O)(OCC)C(CC)N[C@@H](CC(C)C)C(=O)O. The van der Waals surface area contributed by atoms with Crippen molar-refractivity contribution in [3.8, 4) is 0 Å². The number of aliphatic carboxylic acids is 1. The molecule has 20 heavy (non-hydrogen) atoms. The standard InChI is InChI=1S/C13H28NO5P/c1-6-12(20(17,18-7-2)19-8-3)14-11(13(15)16)9-10(4)5/h10-12,14H,6-9H2,1-5H3,(H,15,16)/t11-,12?/m0/s1. The minimum absolute atomic E-state index is 0.222. The predicted octanol–water partition coefficient (Wildman–Crippen LogP) is 3.08. The fourth-order valence-electron chi connectivity index (χ4n) is 1.95. The van der Waals surface area contributed by atoms with Crippen molar-refractivity contribution in [1.29, 1.82) is 0 Å². The van der Waals surface area contributed by atoms with Gasteiger partial charge >= 0.3 is 13.6 Å². The van der Waals surface area contributed by atoms with Crippen LogP contribution in [0.25, 0.3) is 0 Å². The second-order valence-electron chi connectivity index (χ2n) is 4.99. The number of carboxylic acids is 1. The van der Waals surface area contributed by atoms with Crippen molar-refractivity contribution in [2.24, 2.45) is 5.92 Å². The molecule has 0 aliphatic carbocycles. The largest absolute Gasteiger partial charge is 0.480 e. The summed E-state index contributed by atoms with van der Waals surface area (Å²) in [6.45, 7) is 9.72. The molecule has 1 unspecified atom stereocenters. The normalized spacial score (nSPS) is 15.3. The Balaban J connectivity index is 5.02. The highest BCUT2D eigenvalue weighted by Gasteiger charge is 2.37. The van der Waals surface area contributed by atoms with Crippen molar-refractivity contribution < 1.29 is 23.5 Å². The van der Waals surface area contributed by atoms with Gasteiger partial charge in [0.1, 0.15) is 11.8 Å². The average molecular weight is 309 g/mol. The molecule has 0 spiro atoms. The lowest BCUT2D eigenvalue weighted by atomic mass is 10.0. The molecule has 0 amide bonds. The molecule has 0 saturated heterocycles. The molecule has 120 valence electrons. The fourth-order valence-corrected chi connectivity index (χ4v) is 3.92. The van der Waals surface area contributed by atoms with Crippen LogP contribution in [0.2, 0.25) is 0 Å². The molecule has 0 aromatic heterocycles. The topological polar surface area (TPSA) is 84.9 Å². The zero-order chi connectivity index (χ0) is 15.8. The van der Waals surface area contributed by atoms with Gasteiger partial charge in [-0.05, 0) is 32.6 Å². The van der Waals surface area contributed by atoms with Gasteiger partial charge in [-0.2, -0.15) is 0 Å². The number of nitrogens with one attached hydrogen (secondary N) is 1. The number of hydrogen-bond donors (Lipinski definition) is 2. The van der Waals surface area contributed by atoms with E-state index in [2.05, 4.69) is 5.32 Å². The zero-order valence-corrected chi connectivity index (χ0v) is 14.0. The molecular formula is C13H28NO5P. The monoisotopic (exact) mass is 309 g/mol. The van der Waals surface area contributed by atoms with Crippen LogP contribution in [0, 0.1) is 5.92 Å². The molecule has 0 aromatic carbocycles. The van der Waals surface area contributed by atoms with Gasteiger partial charge in [-0.1, -0.05) is 20.8 Å². The third kappa shape index (κ3) is 6.35.